The summed E-state index contributed by atoms with van der Waals surface area (Å²) in [5, 5.41) is 15.9. The molecule has 1 aliphatic rings. The molecule has 0 fully saturated rings. The lowest BCUT2D eigenvalue weighted by Crippen LogP contribution is -2.44. The molecule has 3 heterocycles. The van der Waals surface area contributed by atoms with Gasteiger partial charge in [-0.2, -0.15) is 0 Å². The highest BCUT2D eigenvalue weighted by atomic mass is 28.3. The first-order valence-corrected chi connectivity index (χ1v) is 14.9. The van der Waals surface area contributed by atoms with Gasteiger partial charge in [-0.05, 0) is 22.7 Å². The fraction of sp³-hybridized carbons (Fsp3) is 0.286. The Morgan fingerprint density at radius 1 is 0.943 bits per heavy atom. The summed E-state index contributed by atoms with van der Waals surface area (Å²) < 4.78 is 1.97. The summed E-state index contributed by atoms with van der Waals surface area (Å²) in [6.07, 6.45) is 3.73. The first-order chi connectivity index (χ1) is 16.4. The molecule has 0 aliphatic carbocycles. The number of para-hydroxylation sites is 1. The largest absolute Gasteiger partial charge is 0.392 e. The zero-order chi connectivity index (χ0) is 25.3. The topological polar surface area (TPSA) is 87.1 Å². The first kappa shape index (κ1) is 23.3. The van der Waals surface area contributed by atoms with Crippen LogP contribution in [0.4, 0.5) is 0 Å². The van der Waals surface area contributed by atoms with Crippen molar-refractivity contribution < 1.29 is 14.7 Å². The molecule has 4 aromatic rings. The van der Waals surface area contributed by atoms with Crippen LogP contribution in [0.2, 0.25) is 18.1 Å². The van der Waals surface area contributed by atoms with Gasteiger partial charge in [0, 0.05) is 46.9 Å². The predicted octanol–water partition coefficient (Wildman–Crippen LogP) is 5.31. The molecule has 6 nitrogen and oxygen atoms in total. The molecule has 35 heavy (non-hydrogen) atoms. The highest BCUT2D eigenvalue weighted by Gasteiger charge is 2.43. The molecule has 1 aliphatic heterocycles. The minimum atomic E-state index is -2.19. The van der Waals surface area contributed by atoms with E-state index in [-0.39, 0.29) is 5.04 Å². The minimum Gasteiger partial charge on any atom is -0.392 e. The molecule has 0 bridgehead atoms. The van der Waals surface area contributed by atoms with Gasteiger partial charge in [0.2, 0.25) is 0 Å². The number of aromatic amines is 1. The van der Waals surface area contributed by atoms with Crippen molar-refractivity contribution >= 4 is 52.8 Å². The van der Waals surface area contributed by atoms with E-state index in [1.165, 1.54) is 0 Å². The normalized spacial score (nSPS) is 16.0. The number of amides is 2. The summed E-state index contributed by atoms with van der Waals surface area (Å²) in [4.78, 5) is 29.7. The zero-order valence-electron chi connectivity index (χ0n) is 21.0. The van der Waals surface area contributed by atoms with Crippen LogP contribution in [0.3, 0.4) is 0 Å². The van der Waals surface area contributed by atoms with E-state index in [1.807, 2.05) is 60.3 Å². The van der Waals surface area contributed by atoms with E-state index < -0.39 is 25.6 Å². The Labute approximate surface area is 205 Å². The van der Waals surface area contributed by atoms with Gasteiger partial charge in [-0.25, -0.2) is 0 Å². The van der Waals surface area contributed by atoms with E-state index >= 15 is 0 Å². The van der Waals surface area contributed by atoms with Crippen molar-refractivity contribution in [3.05, 3.63) is 71.5 Å². The van der Waals surface area contributed by atoms with Crippen LogP contribution in [-0.2, 0) is 16.6 Å². The Balaban J connectivity index is 1.82. The highest BCUT2D eigenvalue weighted by molar-refractivity contribution is 6.81. The highest BCUT2D eigenvalue weighted by Crippen LogP contribution is 2.46. The van der Waals surface area contributed by atoms with E-state index in [0.29, 0.717) is 22.3 Å². The summed E-state index contributed by atoms with van der Waals surface area (Å²) in [7, 11) is -0.263. The number of imide groups is 1. The molecule has 5 rings (SSSR count). The maximum atomic E-state index is 13.2. The molecule has 0 saturated carbocycles. The molecule has 1 atom stereocenters. The standard InChI is InChI=1S/C28H31N3O3Si/c1-28(2,3)35(5,6)27(34)18-11-8-12-20-21(18)19(15-29-20)23-22(25(32)30-26(23)33)17-10-7-9-16-13-14-31(4)24(16)17/h7-15,27,29,34H,1-6H3,(H,30,32,33). The molecular formula is C28H31N3O3Si. The number of fused-ring (bicyclic) bond motifs is 2. The molecule has 2 aromatic heterocycles. The van der Waals surface area contributed by atoms with Gasteiger partial charge in [-0.3, -0.25) is 14.9 Å². The van der Waals surface area contributed by atoms with Gasteiger partial charge in [0.15, 0.2) is 0 Å². The van der Waals surface area contributed by atoms with Crippen LogP contribution in [0, 0.1) is 0 Å². The SMILES string of the molecule is Cn1ccc2cccc(C3=C(c4c[nH]c5cccc(C(O)[Si](C)(C)C(C)(C)C)c45)C(=O)NC3=O)c21. The molecule has 1 unspecified atom stereocenters. The number of H-pyrrole nitrogens is 1. The number of rotatable bonds is 4. The monoisotopic (exact) mass is 485 g/mol. The third-order valence-corrected chi connectivity index (χ3v) is 13.6. The fourth-order valence-corrected chi connectivity index (χ4v) is 6.80. The number of aromatic nitrogens is 2. The number of aliphatic hydroxyl groups is 1. The second-order valence-electron chi connectivity index (χ2n) is 11.0. The predicted molar refractivity (Wildman–Crippen MR) is 143 cm³/mol. The smallest absolute Gasteiger partial charge is 0.259 e. The average molecular weight is 486 g/mol. The van der Waals surface area contributed by atoms with Gasteiger partial charge in [0.25, 0.3) is 11.8 Å². The number of benzene rings is 2. The number of aryl methyl sites for hydroxylation is 1. The van der Waals surface area contributed by atoms with Gasteiger partial charge < -0.3 is 14.7 Å². The van der Waals surface area contributed by atoms with E-state index in [4.69, 9.17) is 0 Å². The van der Waals surface area contributed by atoms with Crippen LogP contribution in [0.15, 0.2) is 54.9 Å². The molecule has 0 saturated heterocycles. The first-order valence-electron chi connectivity index (χ1n) is 11.9. The number of carbonyl (C=O) groups is 2. The maximum Gasteiger partial charge on any atom is 0.259 e. The number of hydrogen-bond donors (Lipinski definition) is 3. The van der Waals surface area contributed by atoms with Crippen molar-refractivity contribution in [2.75, 3.05) is 0 Å². The second kappa shape index (κ2) is 7.80. The lowest BCUT2D eigenvalue weighted by molar-refractivity contribution is -0.122. The van der Waals surface area contributed by atoms with Crippen molar-refractivity contribution in [2.24, 2.45) is 7.05 Å². The molecule has 3 N–H and O–H groups in total. The lowest BCUT2D eigenvalue weighted by atomic mass is 9.93. The van der Waals surface area contributed by atoms with E-state index in [1.54, 1.807) is 6.20 Å². The molecule has 2 aromatic carbocycles. The Morgan fingerprint density at radius 3 is 2.29 bits per heavy atom. The summed E-state index contributed by atoms with van der Waals surface area (Å²) in [6.45, 7) is 10.9. The van der Waals surface area contributed by atoms with E-state index in [0.717, 1.165) is 27.4 Å². The van der Waals surface area contributed by atoms with E-state index in [9.17, 15) is 14.7 Å². The summed E-state index contributed by atoms with van der Waals surface area (Å²) in [5.41, 5.74) is 3.91. The van der Waals surface area contributed by atoms with Crippen molar-refractivity contribution in [1.82, 2.24) is 14.9 Å². The number of nitrogens with one attached hydrogen (secondary N) is 2. The Morgan fingerprint density at radius 2 is 1.60 bits per heavy atom. The van der Waals surface area contributed by atoms with Crippen molar-refractivity contribution in [2.45, 2.75) is 44.6 Å². The van der Waals surface area contributed by atoms with Crippen LogP contribution < -0.4 is 5.32 Å². The van der Waals surface area contributed by atoms with Crippen molar-refractivity contribution in [3.8, 4) is 0 Å². The fourth-order valence-electron chi connectivity index (χ4n) is 4.96. The zero-order valence-corrected chi connectivity index (χ0v) is 22.0. The van der Waals surface area contributed by atoms with Crippen LogP contribution >= 0.6 is 0 Å². The molecule has 7 heteroatoms. The number of aliphatic hydroxyl groups excluding tert-OH is 1. The van der Waals surface area contributed by atoms with Gasteiger partial charge in [0.05, 0.1) is 30.5 Å². The Bertz CT molecular complexity index is 1550. The molecular weight excluding hydrogens is 454 g/mol. The van der Waals surface area contributed by atoms with Crippen LogP contribution in [-0.4, -0.2) is 34.5 Å². The van der Waals surface area contributed by atoms with Gasteiger partial charge >= 0.3 is 0 Å². The van der Waals surface area contributed by atoms with Crippen LogP contribution in [0.25, 0.3) is 33.0 Å². The number of nitrogens with zero attached hydrogens (tertiary/aromatic N) is 1. The summed E-state index contributed by atoms with van der Waals surface area (Å²) in [5.74, 6) is -0.829. The van der Waals surface area contributed by atoms with Crippen LogP contribution in [0.1, 0.15) is 43.2 Å². The van der Waals surface area contributed by atoms with Crippen molar-refractivity contribution in [1.29, 1.82) is 0 Å². The molecule has 0 spiro atoms. The third-order valence-electron chi connectivity index (χ3n) is 8.02. The average Bonchev–Trinajstić information content (AvgIpc) is 3.47. The number of carbonyl (C=O) groups excluding carboxylic acids is 2. The maximum absolute atomic E-state index is 13.2. The van der Waals surface area contributed by atoms with Gasteiger partial charge in [-0.1, -0.05) is 64.2 Å². The third kappa shape index (κ3) is 3.41. The second-order valence-corrected chi connectivity index (χ2v) is 16.5. The lowest BCUT2D eigenvalue weighted by Gasteiger charge is -2.41. The molecule has 2 amide bonds. The summed E-state index contributed by atoms with van der Waals surface area (Å²) in [6, 6.07) is 13.6. The van der Waals surface area contributed by atoms with Crippen molar-refractivity contribution in [3.63, 3.8) is 0 Å². The van der Waals surface area contributed by atoms with Crippen LogP contribution in [0.5, 0.6) is 0 Å². The molecule has 180 valence electrons. The molecule has 0 radical (unpaired) electrons. The van der Waals surface area contributed by atoms with E-state index in [2.05, 4.69) is 44.2 Å². The van der Waals surface area contributed by atoms with Gasteiger partial charge in [-0.15, -0.1) is 0 Å². The Hall–Kier alpha value is -3.42. The van der Waals surface area contributed by atoms with Gasteiger partial charge in [0.1, 0.15) is 0 Å². The summed E-state index contributed by atoms with van der Waals surface area (Å²) >= 11 is 0. The Kier molecular flexibility index (Phi) is 5.20. The minimum absolute atomic E-state index is 0.0433. The number of hydrogen-bond acceptors (Lipinski definition) is 3. The quantitative estimate of drug-likeness (QED) is 0.270.